The highest BCUT2D eigenvalue weighted by atomic mass is 32.2. The van der Waals surface area contributed by atoms with Gasteiger partial charge in [-0.3, -0.25) is 4.90 Å². The normalized spacial score (nSPS) is 18.8. The van der Waals surface area contributed by atoms with Crippen LogP contribution in [0.2, 0.25) is 0 Å². The Kier molecular flexibility index (Phi) is 4.93. The van der Waals surface area contributed by atoms with E-state index in [4.69, 9.17) is 0 Å². The fourth-order valence-electron chi connectivity index (χ4n) is 2.89. The Morgan fingerprint density at radius 2 is 1.88 bits per heavy atom. The number of benzene rings is 2. The first kappa shape index (κ1) is 17.0. The van der Waals surface area contributed by atoms with Crippen molar-refractivity contribution in [3.05, 3.63) is 65.7 Å². The van der Waals surface area contributed by atoms with E-state index < -0.39 is 26.6 Å². The number of likely N-dealkylation sites (tertiary alicyclic amines) is 1. The van der Waals surface area contributed by atoms with Crippen LogP contribution >= 0.6 is 0 Å². The lowest BCUT2D eigenvalue weighted by atomic mass is 10.2. The Bertz CT molecular complexity index is 813. The first-order valence-electron chi connectivity index (χ1n) is 7.68. The summed E-state index contributed by atoms with van der Waals surface area (Å²) in [6.45, 7) is 2.05. The van der Waals surface area contributed by atoms with Gasteiger partial charge in [0.15, 0.2) is 0 Å². The zero-order valence-electron chi connectivity index (χ0n) is 13.0. The molecular formula is C17H18F2N2O2S. The maximum atomic E-state index is 13.7. The highest BCUT2D eigenvalue weighted by molar-refractivity contribution is 7.89. The fraction of sp³-hybridized carbons (Fsp3) is 0.294. The molecule has 1 fully saturated rings. The minimum atomic E-state index is -4.01. The third-order valence-corrected chi connectivity index (χ3v) is 5.58. The Labute approximate surface area is 140 Å². The molecule has 0 spiro atoms. The fourth-order valence-corrected chi connectivity index (χ4v) is 4.21. The van der Waals surface area contributed by atoms with Crippen LogP contribution in [0.4, 0.5) is 8.78 Å². The monoisotopic (exact) mass is 352 g/mol. The molecule has 2 aromatic carbocycles. The topological polar surface area (TPSA) is 49.4 Å². The van der Waals surface area contributed by atoms with E-state index in [0.29, 0.717) is 19.0 Å². The van der Waals surface area contributed by atoms with E-state index in [9.17, 15) is 17.2 Å². The average molecular weight is 352 g/mol. The molecular weight excluding hydrogens is 334 g/mol. The van der Waals surface area contributed by atoms with Crippen molar-refractivity contribution in [3.8, 4) is 0 Å². The highest BCUT2D eigenvalue weighted by Crippen LogP contribution is 2.19. The van der Waals surface area contributed by atoms with E-state index in [-0.39, 0.29) is 6.04 Å². The predicted molar refractivity (Wildman–Crippen MR) is 86.8 cm³/mol. The first-order valence-corrected chi connectivity index (χ1v) is 9.16. The molecule has 1 N–H and O–H groups in total. The zero-order chi connectivity index (χ0) is 17.2. The van der Waals surface area contributed by atoms with Crippen molar-refractivity contribution >= 4 is 10.0 Å². The molecule has 1 atom stereocenters. The summed E-state index contributed by atoms with van der Waals surface area (Å²) in [7, 11) is -4.01. The number of nitrogens with one attached hydrogen (secondary N) is 1. The maximum Gasteiger partial charge on any atom is 0.243 e. The molecule has 0 bridgehead atoms. The van der Waals surface area contributed by atoms with Crippen molar-refractivity contribution < 1.29 is 17.2 Å². The van der Waals surface area contributed by atoms with Crippen LogP contribution < -0.4 is 4.72 Å². The van der Waals surface area contributed by atoms with Gasteiger partial charge in [0.25, 0.3) is 0 Å². The Morgan fingerprint density at radius 1 is 1.12 bits per heavy atom. The van der Waals surface area contributed by atoms with Crippen LogP contribution in [0.3, 0.4) is 0 Å². The largest absolute Gasteiger partial charge is 0.297 e. The van der Waals surface area contributed by atoms with Crippen LogP contribution in [0.1, 0.15) is 12.0 Å². The molecule has 1 saturated heterocycles. The van der Waals surface area contributed by atoms with Crippen molar-refractivity contribution in [1.29, 1.82) is 0 Å². The summed E-state index contributed by atoms with van der Waals surface area (Å²) in [5, 5.41) is 0. The van der Waals surface area contributed by atoms with Crippen molar-refractivity contribution in [2.75, 3.05) is 13.1 Å². The van der Waals surface area contributed by atoms with Gasteiger partial charge in [-0.1, -0.05) is 30.3 Å². The summed E-state index contributed by atoms with van der Waals surface area (Å²) in [6, 6.07) is 12.1. The highest BCUT2D eigenvalue weighted by Gasteiger charge is 2.28. The van der Waals surface area contributed by atoms with Gasteiger partial charge < -0.3 is 0 Å². The van der Waals surface area contributed by atoms with Gasteiger partial charge in [0.05, 0.1) is 0 Å². The Balaban J connectivity index is 1.64. The molecule has 0 radical (unpaired) electrons. The number of rotatable bonds is 5. The van der Waals surface area contributed by atoms with E-state index in [2.05, 4.69) is 9.62 Å². The molecule has 0 aromatic heterocycles. The lowest BCUT2D eigenvalue weighted by molar-refractivity contribution is 0.324. The van der Waals surface area contributed by atoms with Crippen LogP contribution in [0.5, 0.6) is 0 Å². The van der Waals surface area contributed by atoms with Crippen LogP contribution in [-0.4, -0.2) is 32.4 Å². The van der Waals surface area contributed by atoms with Gasteiger partial charge >= 0.3 is 0 Å². The van der Waals surface area contributed by atoms with Gasteiger partial charge in [0.2, 0.25) is 10.0 Å². The molecule has 3 rings (SSSR count). The molecule has 1 unspecified atom stereocenters. The molecule has 0 amide bonds. The maximum absolute atomic E-state index is 13.7. The molecule has 4 nitrogen and oxygen atoms in total. The molecule has 128 valence electrons. The van der Waals surface area contributed by atoms with Gasteiger partial charge in [0.1, 0.15) is 16.5 Å². The van der Waals surface area contributed by atoms with Crippen molar-refractivity contribution in [2.45, 2.75) is 23.9 Å². The quantitative estimate of drug-likeness (QED) is 0.900. The van der Waals surface area contributed by atoms with E-state index >= 15 is 0 Å². The summed E-state index contributed by atoms with van der Waals surface area (Å²) < 4.78 is 53.8. The number of sulfonamides is 1. The SMILES string of the molecule is O=S(=O)(NC1CCN(Cc2ccccc2)C1)c1ccc(F)cc1F. The van der Waals surface area contributed by atoms with Gasteiger partial charge in [-0.2, -0.15) is 0 Å². The lowest BCUT2D eigenvalue weighted by Gasteiger charge is -2.17. The second-order valence-corrected chi connectivity index (χ2v) is 7.58. The molecule has 7 heteroatoms. The lowest BCUT2D eigenvalue weighted by Crippen LogP contribution is -2.37. The third kappa shape index (κ3) is 3.98. The molecule has 1 heterocycles. The summed E-state index contributed by atoms with van der Waals surface area (Å²) in [6.07, 6.45) is 0.648. The molecule has 1 aliphatic rings. The molecule has 2 aromatic rings. The van der Waals surface area contributed by atoms with Crippen LogP contribution in [0.15, 0.2) is 53.4 Å². The molecule has 0 aliphatic carbocycles. The van der Waals surface area contributed by atoms with E-state index in [1.165, 1.54) is 0 Å². The summed E-state index contributed by atoms with van der Waals surface area (Å²) >= 11 is 0. The number of halogens is 2. The standard InChI is InChI=1S/C17H18F2N2O2S/c18-14-6-7-17(16(19)10-14)24(22,23)20-15-8-9-21(12-15)11-13-4-2-1-3-5-13/h1-7,10,15,20H,8-9,11-12H2. The summed E-state index contributed by atoms with van der Waals surface area (Å²) in [4.78, 5) is 1.62. The van der Waals surface area contributed by atoms with Crippen LogP contribution in [0.25, 0.3) is 0 Å². The number of hydrogen-bond donors (Lipinski definition) is 1. The van der Waals surface area contributed by atoms with Crippen molar-refractivity contribution in [2.24, 2.45) is 0 Å². The van der Waals surface area contributed by atoms with Gasteiger partial charge in [-0.25, -0.2) is 21.9 Å². The van der Waals surface area contributed by atoms with Gasteiger partial charge in [-0.05, 0) is 24.1 Å². The summed E-state index contributed by atoms with van der Waals surface area (Å²) in [5.41, 5.74) is 1.16. The third-order valence-electron chi connectivity index (χ3n) is 4.03. The van der Waals surface area contributed by atoms with E-state index in [1.807, 2.05) is 30.3 Å². The van der Waals surface area contributed by atoms with Crippen molar-refractivity contribution in [3.63, 3.8) is 0 Å². The first-order chi connectivity index (χ1) is 11.4. The zero-order valence-corrected chi connectivity index (χ0v) is 13.8. The minimum Gasteiger partial charge on any atom is -0.297 e. The second kappa shape index (κ2) is 6.96. The van der Waals surface area contributed by atoms with E-state index in [0.717, 1.165) is 30.8 Å². The van der Waals surface area contributed by atoms with E-state index in [1.54, 1.807) is 0 Å². The number of nitrogens with zero attached hydrogens (tertiary/aromatic N) is 1. The Hall–Kier alpha value is -1.83. The second-order valence-electron chi connectivity index (χ2n) is 5.90. The average Bonchev–Trinajstić information content (AvgIpc) is 2.94. The van der Waals surface area contributed by atoms with Crippen LogP contribution in [-0.2, 0) is 16.6 Å². The molecule has 24 heavy (non-hydrogen) atoms. The predicted octanol–water partition coefficient (Wildman–Crippen LogP) is 2.52. The van der Waals surface area contributed by atoms with Crippen LogP contribution in [0, 0.1) is 11.6 Å². The Morgan fingerprint density at radius 3 is 2.58 bits per heavy atom. The van der Waals surface area contributed by atoms with Gasteiger partial charge in [-0.15, -0.1) is 0 Å². The number of hydrogen-bond acceptors (Lipinski definition) is 3. The minimum absolute atomic E-state index is 0.289. The van der Waals surface area contributed by atoms with Crippen molar-refractivity contribution in [1.82, 2.24) is 9.62 Å². The summed E-state index contributed by atoms with van der Waals surface area (Å²) in [5.74, 6) is -1.89. The molecule has 1 aliphatic heterocycles. The molecule has 0 saturated carbocycles. The van der Waals surface area contributed by atoms with Gasteiger partial charge in [0, 0.05) is 31.7 Å². The smallest absolute Gasteiger partial charge is 0.243 e.